The minimum atomic E-state index is 0.292. The summed E-state index contributed by atoms with van der Waals surface area (Å²) in [7, 11) is 0. The van der Waals surface area contributed by atoms with Crippen LogP contribution in [0.1, 0.15) is 56.6 Å². The van der Waals surface area contributed by atoms with E-state index in [4.69, 9.17) is 0 Å². The average Bonchev–Trinajstić information content (AvgIpc) is 2.84. The monoisotopic (exact) mass is 365 g/mol. The maximum atomic E-state index is 3.81. The standard InChI is InChI=1S/C18H24BrNS/c1-13(17-15(19)10-11-21-17)20-16(12-18(2,3)4)14-8-6-5-7-9-14/h5-11,13,16,20H,12H2,1-4H3. The molecule has 1 aromatic carbocycles. The first-order chi connectivity index (χ1) is 9.87. The van der Waals surface area contributed by atoms with Gasteiger partial charge < -0.3 is 5.32 Å². The third kappa shape index (κ3) is 4.94. The maximum absolute atomic E-state index is 3.81. The Balaban J connectivity index is 2.18. The molecule has 114 valence electrons. The molecule has 1 N–H and O–H groups in total. The van der Waals surface area contributed by atoms with Gasteiger partial charge in [-0.25, -0.2) is 0 Å². The molecular weight excluding hydrogens is 342 g/mol. The van der Waals surface area contributed by atoms with Gasteiger partial charge in [0.05, 0.1) is 0 Å². The fourth-order valence-electron chi connectivity index (χ4n) is 2.56. The fourth-order valence-corrected chi connectivity index (χ4v) is 4.30. The zero-order valence-corrected chi connectivity index (χ0v) is 15.6. The third-order valence-electron chi connectivity index (χ3n) is 3.51. The molecule has 1 aromatic heterocycles. The van der Waals surface area contributed by atoms with E-state index >= 15 is 0 Å². The molecule has 0 aliphatic heterocycles. The van der Waals surface area contributed by atoms with Crippen LogP contribution in [0.4, 0.5) is 0 Å². The first-order valence-electron chi connectivity index (χ1n) is 7.41. The molecule has 0 saturated carbocycles. The van der Waals surface area contributed by atoms with Gasteiger partial charge in [0.1, 0.15) is 0 Å². The van der Waals surface area contributed by atoms with E-state index in [2.05, 4.69) is 90.7 Å². The molecule has 3 heteroatoms. The molecule has 2 aromatic rings. The number of thiophene rings is 1. The van der Waals surface area contributed by atoms with E-state index in [0.29, 0.717) is 17.5 Å². The zero-order chi connectivity index (χ0) is 15.5. The Kier molecular flexibility index (Phi) is 5.64. The Morgan fingerprint density at radius 3 is 2.33 bits per heavy atom. The van der Waals surface area contributed by atoms with Gasteiger partial charge in [0.2, 0.25) is 0 Å². The lowest BCUT2D eigenvalue weighted by Crippen LogP contribution is -2.28. The van der Waals surface area contributed by atoms with Crippen molar-refractivity contribution in [2.24, 2.45) is 5.41 Å². The van der Waals surface area contributed by atoms with Crippen molar-refractivity contribution in [3.63, 3.8) is 0 Å². The van der Waals surface area contributed by atoms with Gasteiger partial charge in [0, 0.05) is 21.4 Å². The maximum Gasteiger partial charge on any atom is 0.0402 e. The Bertz CT molecular complexity index is 556. The van der Waals surface area contributed by atoms with Crippen LogP contribution in [0.3, 0.4) is 0 Å². The van der Waals surface area contributed by atoms with Crippen molar-refractivity contribution < 1.29 is 0 Å². The van der Waals surface area contributed by atoms with E-state index < -0.39 is 0 Å². The number of hydrogen-bond acceptors (Lipinski definition) is 2. The van der Waals surface area contributed by atoms with Crippen molar-refractivity contribution in [1.29, 1.82) is 0 Å². The van der Waals surface area contributed by atoms with Crippen LogP contribution >= 0.6 is 27.3 Å². The molecule has 1 heterocycles. The highest BCUT2D eigenvalue weighted by Gasteiger charge is 2.23. The Morgan fingerprint density at radius 2 is 1.81 bits per heavy atom. The first kappa shape index (κ1) is 16.7. The summed E-state index contributed by atoms with van der Waals surface area (Å²) < 4.78 is 1.20. The van der Waals surface area contributed by atoms with Crippen molar-refractivity contribution in [2.75, 3.05) is 0 Å². The Hall–Kier alpha value is -0.640. The first-order valence-corrected chi connectivity index (χ1v) is 9.08. The Labute approximate surface area is 140 Å². The van der Waals surface area contributed by atoms with Crippen LogP contribution in [0.15, 0.2) is 46.3 Å². The quantitative estimate of drug-likeness (QED) is 0.651. The van der Waals surface area contributed by atoms with Gasteiger partial charge in [-0.2, -0.15) is 0 Å². The second-order valence-electron chi connectivity index (χ2n) is 6.75. The van der Waals surface area contributed by atoms with Crippen LogP contribution in [0.25, 0.3) is 0 Å². The van der Waals surface area contributed by atoms with Crippen LogP contribution in [0, 0.1) is 5.41 Å². The predicted molar refractivity (Wildman–Crippen MR) is 96.8 cm³/mol. The molecule has 2 rings (SSSR count). The molecule has 0 saturated heterocycles. The number of halogens is 1. The molecule has 0 radical (unpaired) electrons. The zero-order valence-electron chi connectivity index (χ0n) is 13.2. The van der Waals surface area contributed by atoms with Crippen molar-refractivity contribution >= 4 is 27.3 Å². The number of nitrogens with one attached hydrogen (secondary N) is 1. The van der Waals surface area contributed by atoms with E-state index in [-0.39, 0.29) is 0 Å². The molecule has 0 fully saturated rings. The highest BCUT2D eigenvalue weighted by molar-refractivity contribution is 9.10. The summed E-state index contributed by atoms with van der Waals surface area (Å²) in [6.07, 6.45) is 1.12. The molecule has 2 unspecified atom stereocenters. The van der Waals surface area contributed by atoms with Crippen LogP contribution < -0.4 is 5.32 Å². The average molecular weight is 366 g/mol. The third-order valence-corrected chi connectivity index (χ3v) is 5.56. The molecule has 0 spiro atoms. The molecule has 0 bridgehead atoms. The van der Waals surface area contributed by atoms with E-state index in [1.54, 1.807) is 11.3 Å². The van der Waals surface area contributed by atoms with Crippen LogP contribution in [0.2, 0.25) is 0 Å². The van der Waals surface area contributed by atoms with Gasteiger partial charge in [-0.1, -0.05) is 51.1 Å². The van der Waals surface area contributed by atoms with E-state index in [0.717, 1.165) is 6.42 Å². The van der Waals surface area contributed by atoms with Gasteiger partial charge in [-0.05, 0) is 51.7 Å². The van der Waals surface area contributed by atoms with Crippen LogP contribution in [-0.4, -0.2) is 0 Å². The smallest absolute Gasteiger partial charge is 0.0402 e. The minimum absolute atomic E-state index is 0.292. The summed E-state index contributed by atoms with van der Waals surface area (Å²) in [6, 6.07) is 13.6. The lowest BCUT2D eigenvalue weighted by molar-refractivity contribution is 0.298. The molecule has 2 atom stereocenters. The van der Waals surface area contributed by atoms with Crippen molar-refractivity contribution in [3.05, 3.63) is 56.7 Å². The van der Waals surface area contributed by atoms with E-state index in [1.807, 2.05) is 0 Å². The lowest BCUT2D eigenvalue weighted by Gasteiger charge is -2.30. The predicted octanol–water partition coefficient (Wildman–Crippen LogP) is 6.34. The van der Waals surface area contributed by atoms with Crippen molar-refractivity contribution in [2.45, 2.75) is 46.2 Å². The van der Waals surface area contributed by atoms with E-state index in [9.17, 15) is 0 Å². The highest BCUT2D eigenvalue weighted by Crippen LogP contribution is 2.34. The molecule has 0 amide bonds. The molecular formula is C18H24BrNS. The van der Waals surface area contributed by atoms with E-state index in [1.165, 1.54) is 14.9 Å². The number of hydrogen-bond donors (Lipinski definition) is 1. The largest absolute Gasteiger partial charge is 0.303 e. The van der Waals surface area contributed by atoms with Crippen LogP contribution in [-0.2, 0) is 0 Å². The van der Waals surface area contributed by atoms with Crippen molar-refractivity contribution in [3.8, 4) is 0 Å². The summed E-state index contributed by atoms with van der Waals surface area (Å²) in [5.41, 5.74) is 1.66. The molecule has 1 nitrogen and oxygen atoms in total. The Morgan fingerprint density at radius 1 is 1.14 bits per heavy atom. The second-order valence-corrected chi connectivity index (χ2v) is 8.55. The lowest BCUT2D eigenvalue weighted by atomic mass is 9.85. The SMILES string of the molecule is CC(NC(CC(C)(C)C)c1ccccc1)c1sccc1Br. The summed E-state index contributed by atoms with van der Waals surface area (Å²) in [4.78, 5) is 1.37. The fraction of sp³-hybridized carbons (Fsp3) is 0.444. The summed E-state index contributed by atoms with van der Waals surface area (Å²) in [5, 5.41) is 5.95. The molecule has 0 aliphatic rings. The highest BCUT2D eigenvalue weighted by atomic mass is 79.9. The number of rotatable bonds is 5. The summed E-state index contributed by atoms with van der Waals surface area (Å²) >= 11 is 5.45. The van der Waals surface area contributed by atoms with Gasteiger partial charge >= 0.3 is 0 Å². The van der Waals surface area contributed by atoms with Crippen LogP contribution in [0.5, 0.6) is 0 Å². The van der Waals surface area contributed by atoms with Gasteiger partial charge in [0.15, 0.2) is 0 Å². The number of benzene rings is 1. The summed E-state index contributed by atoms with van der Waals surface area (Å²) in [5.74, 6) is 0. The minimum Gasteiger partial charge on any atom is -0.303 e. The molecule has 21 heavy (non-hydrogen) atoms. The molecule has 0 aliphatic carbocycles. The second kappa shape index (κ2) is 7.08. The van der Waals surface area contributed by atoms with Gasteiger partial charge in [-0.15, -0.1) is 11.3 Å². The van der Waals surface area contributed by atoms with Crippen molar-refractivity contribution in [1.82, 2.24) is 5.32 Å². The van der Waals surface area contributed by atoms with Gasteiger partial charge in [0.25, 0.3) is 0 Å². The summed E-state index contributed by atoms with van der Waals surface area (Å²) in [6.45, 7) is 9.15. The topological polar surface area (TPSA) is 12.0 Å². The van der Waals surface area contributed by atoms with Gasteiger partial charge in [-0.3, -0.25) is 0 Å². The normalized spacial score (nSPS) is 14.9.